The molecule has 21 heavy (non-hydrogen) atoms. The van der Waals surface area contributed by atoms with Crippen LogP contribution in [0.15, 0.2) is 48.9 Å². The van der Waals surface area contributed by atoms with Crippen molar-refractivity contribution in [3.8, 4) is 0 Å². The maximum atomic E-state index is 11.9. The van der Waals surface area contributed by atoms with Crippen LogP contribution in [0.3, 0.4) is 0 Å². The summed E-state index contributed by atoms with van der Waals surface area (Å²) in [5.74, 6) is 0.673. The molecular formula is C14H14N6O. The van der Waals surface area contributed by atoms with Crippen LogP contribution in [-0.2, 0) is 0 Å². The van der Waals surface area contributed by atoms with Crippen LogP contribution in [0.5, 0.6) is 0 Å². The van der Waals surface area contributed by atoms with Gasteiger partial charge in [0.2, 0.25) is 0 Å². The average Bonchev–Trinajstić information content (AvgIpc) is 2.92. The van der Waals surface area contributed by atoms with Crippen molar-refractivity contribution in [2.45, 2.75) is 13.0 Å². The lowest BCUT2D eigenvalue weighted by Gasteiger charge is -2.13. The van der Waals surface area contributed by atoms with E-state index in [1.54, 1.807) is 24.5 Å². The molecule has 2 N–H and O–H groups in total. The van der Waals surface area contributed by atoms with E-state index in [1.807, 2.05) is 35.7 Å². The van der Waals surface area contributed by atoms with Crippen LogP contribution in [0, 0.1) is 0 Å². The topological polar surface area (TPSA) is 84.2 Å². The van der Waals surface area contributed by atoms with Gasteiger partial charge < -0.3 is 10.6 Å². The normalized spacial score (nSPS) is 12.0. The largest absolute Gasteiger partial charge is 0.328 e. The highest BCUT2D eigenvalue weighted by Gasteiger charge is 2.15. The summed E-state index contributed by atoms with van der Waals surface area (Å²) >= 11 is 0. The van der Waals surface area contributed by atoms with Crippen molar-refractivity contribution in [1.82, 2.24) is 24.9 Å². The Kier molecular flexibility index (Phi) is 3.46. The highest BCUT2D eigenvalue weighted by atomic mass is 16.2. The fourth-order valence-corrected chi connectivity index (χ4v) is 2.02. The van der Waals surface area contributed by atoms with Crippen molar-refractivity contribution in [2.75, 3.05) is 5.32 Å². The van der Waals surface area contributed by atoms with Gasteiger partial charge in [0.25, 0.3) is 0 Å². The molecule has 0 saturated heterocycles. The minimum Gasteiger partial charge on any atom is -0.328 e. The number of anilines is 1. The Morgan fingerprint density at radius 1 is 1.24 bits per heavy atom. The third-order valence-corrected chi connectivity index (χ3v) is 2.99. The summed E-state index contributed by atoms with van der Waals surface area (Å²) in [6.45, 7) is 1.85. The maximum Gasteiger partial charge on any atom is 0.319 e. The smallest absolute Gasteiger partial charge is 0.319 e. The van der Waals surface area contributed by atoms with E-state index in [2.05, 4.69) is 25.8 Å². The molecular weight excluding hydrogens is 268 g/mol. The molecule has 0 aliphatic rings. The second-order valence-electron chi connectivity index (χ2n) is 4.55. The number of aromatic nitrogens is 4. The summed E-state index contributed by atoms with van der Waals surface area (Å²) in [6.07, 6.45) is 5.09. The first-order valence-electron chi connectivity index (χ1n) is 6.51. The first kappa shape index (κ1) is 13.0. The summed E-state index contributed by atoms with van der Waals surface area (Å²) in [7, 11) is 0. The molecule has 0 aromatic carbocycles. The van der Waals surface area contributed by atoms with E-state index < -0.39 is 0 Å². The van der Waals surface area contributed by atoms with Crippen molar-refractivity contribution in [1.29, 1.82) is 0 Å². The zero-order valence-corrected chi connectivity index (χ0v) is 11.4. The van der Waals surface area contributed by atoms with Gasteiger partial charge in [0.1, 0.15) is 0 Å². The monoisotopic (exact) mass is 282 g/mol. The molecule has 0 aliphatic carbocycles. The molecule has 0 spiro atoms. The minimum absolute atomic E-state index is 0.279. The molecule has 3 rings (SSSR count). The van der Waals surface area contributed by atoms with Gasteiger partial charge in [-0.05, 0) is 31.2 Å². The van der Waals surface area contributed by atoms with Crippen molar-refractivity contribution < 1.29 is 4.79 Å². The van der Waals surface area contributed by atoms with Gasteiger partial charge >= 0.3 is 6.03 Å². The fourth-order valence-electron chi connectivity index (χ4n) is 2.02. The highest BCUT2D eigenvalue weighted by molar-refractivity contribution is 5.89. The fraction of sp³-hybridized carbons (Fsp3) is 0.143. The van der Waals surface area contributed by atoms with Gasteiger partial charge in [0.05, 0.1) is 17.9 Å². The first-order valence-corrected chi connectivity index (χ1v) is 6.51. The lowest BCUT2D eigenvalue weighted by atomic mass is 10.3. The average molecular weight is 282 g/mol. The van der Waals surface area contributed by atoms with Crippen molar-refractivity contribution in [2.24, 2.45) is 0 Å². The molecule has 0 radical (unpaired) electrons. The number of amides is 2. The zero-order valence-electron chi connectivity index (χ0n) is 11.4. The number of hydrogen-bond donors (Lipinski definition) is 2. The second kappa shape index (κ2) is 5.58. The minimum atomic E-state index is -0.316. The number of carbonyl (C=O) groups excluding carboxylic acids is 1. The van der Waals surface area contributed by atoms with E-state index in [1.165, 1.54) is 0 Å². The highest BCUT2D eigenvalue weighted by Crippen LogP contribution is 2.12. The Hall–Kier alpha value is -2.96. The summed E-state index contributed by atoms with van der Waals surface area (Å²) in [5.41, 5.74) is 1.38. The van der Waals surface area contributed by atoms with Gasteiger partial charge in [-0.15, -0.1) is 10.2 Å². The van der Waals surface area contributed by atoms with Crippen molar-refractivity contribution in [3.63, 3.8) is 0 Å². The molecule has 1 atom stereocenters. The molecule has 7 heteroatoms. The van der Waals surface area contributed by atoms with Crippen LogP contribution < -0.4 is 10.6 Å². The van der Waals surface area contributed by atoms with Crippen LogP contribution in [0.1, 0.15) is 18.8 Å². The molecule has 7 nitrogen and oxygen atoms in total. The zero-order chi connectivity index (χ0) is 14.7. The molecule has 3 heterocycles. The summed E-state index contributed by atoms with van der Waals surface area (Å²) < 4.78 is 1.84. The summed E-state index contributed by atoms with van der Waals surface area (Å²) in [5, 5.41) is 13.7. The molecule has 1 unspecified atom stereocenters. The Morgan fingerprint density at radius 3 is 2.95 bits per heavy atom. The van der Waals surface area contributed by atoms with E-state index in [0.29, 0.717) is 11.5 Å². The van der Waals surface area contributed by atoms with Gasteiger partial charge in [-0.1, -0.05) is 6.07 Å². The Morgan fingerprint density at radius 2 is 2.14 bits per heavy atom. The Balaban J connectivity index is 1.71. The molecule has 0 aliphatic heterocycles. The maximum absolute atomic E-state index is 11.9. The van der Waals surface area contributed by atoms with Crippen LogP contribution in [-0.4, -0.2) is 25.6 Å². The molecule has 0 fully saturated rings. The number of nitrogens with one attached hydrogen (secondary N) is 2. The van der Waals surface area contributed by atoms with Crippen LogP contribution in [0.2, 0.25) is 0 Å². The standard InChI is InChI=1S/C14H14N6O/c1-10(13-19-18-12-6-2-3-8-20(12)13)16-14(21)17-11-5-4-7-15-9-11/h2-10H,1H3,(H2,16,17,21). The lowest BCUT2D eigenvalue weighted by molar-refractivity contribution is 0.249. The van der Waals surface area contributed by atoms with Gasteiger partial charge in [-0.3, -0.25) is 9.38 Å². The Bertz CT molecular complexity index is 754. The third-order valence-electron chi connectivity index (χ3n) is 2.99. The number of carbonyl (C=O) groups is 1. The number of urea groups is 1. The molecule has 3 aromatic rings. The van der Waals surface area contributed by atoms with Crippen LogP contribution in [0.4, 0.5) is 10.5 Å². The van der Waals surface area contributed by atoms with Gasteiger partial charge in [-0.25, -0.2) is 4.79 Å². The van der Waals surface area contributed by atoms with Gasteiger partial charge in [-0.2, -0.15) is 0 Å². The van der Waals surface area contributed by atoms with E-state index >= 15 is 0 Å². The van der Waals surface area contributed by atoms with Gasteiger partial charge in [0, 0.05) is 12.4 Å². The number of rotatable bonds is 3. The molecule has 0 bridgehead atoms. The van der Waals surface area contributed by atoms with E-state index in [9.17, 15) is 4.79 Å². The lowest BCUT2D eigenvalue weighted by Crippen LogP contribution is -2.32. The quantitative estimate of drug-likeness (QED) is 0.769. The SMILES string of the molecule is CC(NC(=O)Nc1cccnc1)c1nnc2ccccn12. The number of nitrogens with zero attached hydrogens (tertiary/aromatic N) is 4. The summed E-state index contributed by atoms with van der Waals surface area (Å²) in [4.78, 5) is 15.9. The van der Waals surface area contributed by atoms with E-state index in [4.69, 9.17) is 0 Å². The molecule has 2 amide bonds. The third kappa shape index (κ3) is 2.81. The summed E-state index contributed by atoms with van der Waals surface area (Å²) in [6, 6.07) is 8.57. The van der Waals surface area contributed by atoms with Gasteiger partial charge in [0.15, 0.2) is 11.5 Å². The van der Waals surface area contributed by atoms with E-state index in [-0.39, 0.29) is 12.1 Å². The van der Waals surface area contributed by atoms with Crippen molar-refractivity contribution in [3.05, 3.63) is 54.7 Å². The van der Waals surface area contributed by atoms with Crippen LogP contribution >= 0.6 is 0 Å². The number of pyridine rings is 2. The predicted octanol–water partition coefficient (Wildman–Crippen LogP) is 2.01. The first-order chi connectivity index (χ1) is 10.2. The number of fused-ring (bicyclic) bond motifs is 1. The molecule has 106 valence electrons. The van der Waals surface area contributed by atoms with Crippen LogP contribution in [0.25, 0.3) is 5.65 Å². The Labute approximate surface area is 121 Å². The predicted molar refractivity (Wildman–Crippen MR) is 77.8 cm³/mol. The van der Waals surface area contributed by atoms with Crippen molar-refractivity contribution >= 4 is 17.4 Å². The second-order valence-corrected chi connectivity index (χ2v) is 4.55. The van der Waals surface area contributed by atoms with E-state index in [0.717, 1.165) is 5.65 Å². The molecule has 3 aromatic heterocycles. The molecule has 0 saturated carbocycles. The number of hydrogen-bond acceptors (Lipinski definition) is 4.